The van der Waals surface area contributed by atoms with Crippen LogP contribution in [0.5, 0.6) is 0 Å². The van der Waals surface area contributed by atoms with Crippen molar-refractivity contribution in [3.63, 3.8) is 0 Å². The van der Waals surface area contributed by atoms with E-state index in [9.17, 15) is 0 Å². The van der Waals surface area contributed by atoms with E-state index in [1.54, 1.807) is 0 Å². The summed E-state index contributed by atoms with van der Waals surface area (Å²) in [5, 5.41) is 0. The van der Waals surface area contributed by atoms with E-state index >= 15 is 0 Å². The van der Waals surface area contributed by atoms with E-state index in [-0.39, 0.29) is 40.8 Å². The Morgan fingerprint density at radius 3 is 0.500 bits per heavy atom. The normalized spacial score (nSPS) is 7.50. The second-order valence-corrected chi connectivity index (χ2v) is 1.84. The third-order valence-corrected chi connectivity index (χ3v) is 0. The molecular weight excluding hydrogens is 613 g/mol. The molecule has 2 radical (unpaired) electrons. The van der Waals surface area contributed by atoms with Crippen molar-refractivity contribution < 1.29 is 80.8 Å². The van der Waals surface area contributed by atoms with Crippen LogP contribution >= 0.6 is 0 Å². The molecule has 0 aliphatic rings. The zero-order chi connectivity index (χ0) is 10.7. The van der Waals surface area contributed by atoms with Gasteiger partial charge < -0.3 is 27.3 Å². The summed E-state index contributed by atoms with van der Waals surface area (Å²) >= 11 is -9.33. The average molecular weight is 613 g/mol. The molecule has 0 saturated carbocycles. The Labute approximate surface area is 114 Å². The van der Waals surface area contributed by atoms with Gasteiger partial charge in [-0.15, -0.1) is 34.1 Å². The number of rotatable bonds is 0. The molecule has 0 aliphatic carbocycles. The molecule has 0 bridgehead atoms. The van der Waals surface area contributed by atoms with Crippen molar-refractivity contribution in [2.75, 3.05) is 0 Å². The van der Waals surface area contributed by atoms with Crippen LogP contribution in [-0.4, -0.2) is 39.9 Å². The summed E-state index contributed by atoms with van der Waals surface area (Å²) < 4.78 is 76.0. The van der Waals surface area contributed by atoms with Gasteiger partial charge in [-0.05, 0) is 0 Å². The first kappa shape index (κ1) is 29.6. The Kier molecular flexibility index (Phi) is 50.7. The molecule has 0 saturated heterocycles. The maximum absolute atomic E-state index is 8.44. The molecule has 0 atom stereocenters. The van der Waals surface area contributed by atoms with Crippen molar-refractivity contribution in [2.45, 2.75) is 0 Å². The molecule has 0 unspecified atom stereocenters. The van der Waals surface area contributed by atoms with Crippen LogP contribution in [0.15, 0.2) is 0 Å². The molecule has 14 heteroatoms. The fourth-order valence-corrected chi connectivity index (χ4v) is 0. The van der Waals surface area contributed by atoms with Gasteiger partial charge in [0.15, 0.2) is 0 Å². The quantitative estimate of drug-likeness (QED) is 0.256. The van der Waals surface area contributed by atoms with Crippen LogP contribution in [0.25, 0.3) is 0 Å². The Morgan fingerprint density at radius 1 is 0.500 bits per heavy atom. The van der Waals surface area contributed by atoms with Crippen LogP contribution in [-0.2, 0) is 74.9 Å². The summed E-state index contributed by atoms with van der Waals surface area (Å²) in [6.07, 6.45) is 0. The molecule has 0 aromatic carbocycles. The zero-order valence-electron chi connectivity index (χ0n) is 5.65. The fraction of sp³-hybridized carbons (Fsp3) is 0. The van der Waals surface area contributed by atoms with Gasteiger partial charge in [-0.2, -0.15) is 0 Å². The summed E-state index contributed by atoms with van der Waals surface area (Å²) in [7, 11) is 0. The van der Waals surface area contributed by atoms with E-state index in [1.165, 1.54) is 0 Å². The minimum absolute atomic E-state index is 0. The van der Waals surface area contributed by atoms with Gasteiger partial charge in [0.25, 0.3) is 0 Å². The number of hydrogen-bond acceptors (Lipinski definition) is 9. The third kappa shape index (κ3) is 903. The van der Waals surface area contributed by atoms with Crippen molar-refractivity contribution >= 4 is 34.1 Å². The average Bonchev–Trinajstić information content (AvgIpc) is 1.54. The van der Waals surface area contributed by atoms with Gasteiger partial charge in [0.2, 0.25) is 0 Å². The van der Waals surface area contributed by atoms with E-state index in [1.807, 2.05) is 0 Å². The Hall–Kier alpha value is 1.53. The first-order valence-electron chi connectivity index (χ1n) is 1.50. The first-order valence-corrected chi connectivity index (χ1v) is 4.50. The predicted octanol–water partition coefficient (Wildman–Crippen LogP) is -3.02. The summed E-state index contributed by atoms with van der Waals surface area (Å²) in [6, 6.07) is 0. The van der Waals surface area contributed by atoms with Crippen LogP contribution in [0, 0.1) is 0 Å². The smallest absolute Gasteiger partial charge is 0 e. The van der Waals surface area contributed by atoms with Gasteiger partial charge in [0, 0.05) is 40.8 Å². The fourth-order valence-electron chi connectivity index (χ4n) is 0. The van der Waals surface area contributed by atoms with Gasteiger partial charge in [-0.25, -0.2) is 0 Å². The molecule has 0 heterocycles. The monoisotopic (exact) mass is 614 g/mol. The summed E-state index contributed by atoms with van der Waals surface area (Å²) in [6.45, 7) is 0. The van der Waals surface area contributed by atoms with Crippen LogP contribution in [0.2, 0.25) is 0 Å². The number of hydrogen-bond donors (Lipinski definition) is 0. The molecule has 0 fully saturated rings. The van der Waals surface area contributed by atoms with E-state index in [4.69, 9.17) is 39.9 Å². The van der Waals surface area contributed by atoms with E-state index in [0.29, 0.717) is 0 Å². The molecule has 0 aromatic heterocycles. The van der Waals surface area contributed by atoms with Crippen LogP contribution < -0.4 is 0 Å². The van der Waals surface area contributed by atoms with E-state index in [0.717, 1.165) is 0 Å². The summed E-state index contributed by atoms with van der Waals surface area (Å²) in [5.74, 6) is 0. The standard InChI is InChI=1S/3H2O3S.2Re/c3*1-4(2)3;;/h3*(H2,1,2,3);;/p-6. The SMILES string of the molecule is O=S([O-])[O-].O=S([O-])[O-].O=S([O-])[O-].[Re].[Re]. The van der Waals surface area contributed by atoms with Gasteiger partial charge in [0.05, 0.1) is 0 Å². The van der Waals surface area contributed by atoms with Crippen molar-refractivity contribution in [1.29, 1.82) is 0 Å². The predicted molar refractivity (Wildman–Crippen MR) is 29.1 cm³/mol. The van der Waals surface area contributed by atoms with Crippen molar-refractivity contribution in [3.05, 3.63) is 0 Å². The minimum Gasteiger partial charge on any atom is -0.784 e. The second-order valence-electron chi connectivity index (χ2n) is 0.612. The minimum atomic E-state index is -3.11. The maximum atomic E-state index is 8.44. The second kappa shape index (κ2) is 24.0. The summed E-state index contributed by atoms with van der Waals surface area (Å²) in [5.41, 5.74) is 0. The van der Waals surface area contributed by atoms with E-state index < -0.39 is 34.1 Å². The van der Waals surface area contributed by atoms with Crippen molar-refractivity contribution in [3.8, 4) is 0 Å². The first-order chi connectivity index (χ1) is 5.20. The molecule has 0 rings (SSSR count). The molecule has 0 spiro atoms. The summed E-state index contributed by atoms with van der Waals surface area (Å²) in [4.78, 5) is 0. The topological polar surface area (TPSA) is 190 Å². The third-order valence-electron chi connectivity index (χ3n) is 0. The zero-order valence-corrected chi connectivity index (χ0v) is 13.5. The molecule has 0 aromatic rings. The maximum Gasteiger partial charge on any atom is 0 e. The molecule has 0 aliphatic heterocycles. The van der Waals surface area contributed by atoms with Gasteiger partial charge in [0.1, 0.15) is 0 Å². The molecule has 0 amide bonds. The van der Waals surface area contributed by atoms with Gasteiger partial charge >= 0.3 is 0 Å². The van der Waals surface area contributed by atoms with Crippen molar-refractivity contribution in [2.24, 2.45) is 0 Å². The molecule has 92 valence electrons. The molecule has 14 heavy (non-hydrogen) atoms. The van der Waals surface area contributed by atoms with Crippen LogP contribution in [0.3, 0.4) is 0 Å². The Morgan fingerprint density at radius 2 is 0.500 bits per heavy atom. The van der Waals surface area contributed by atoms with Gasteiger partial charge in [-0.3, -0.25) is 12.6 Å². The van der Waals surface area contributed by atoms with Gasteiger partial charge in [-0.1, -0.05) is 0 Å². The Balaban J connectivity index is -0.0000000270. The van der Waals surface area contributed by atoms with Crippen LogP contribution in [0.4, 0.5) is 0 Å². The van der Waals surface area contributed by atoms with Crippen molar-refractivity contribution in [1.82, 2.24) is 0 Å². The van der Waals surface area contributed by atoms with E-state index in [2.05, 4.69) is 0 Å². The van der Waals surface area contributed by atoms with Crippen LogP contribution in [0.1, 0.15) is 0 Å². The Bertz CT molecular complexity index is 116. The molecule has 0 N–H and O–H groups in total. The largest absolute Gasteiger partial charge is 0.784 e. The molecular formula is O9Re2S3-6. The molecule has 9 nitrogen and oxygen atoms in total.